The van der Waals surface area contributed by atoms with Crippen LogP contribution in [0.1, 0.15) is 17.2 Å². The lowest BCUT2D eigenvalue weighted by Gasteiger charge is -2.25. The van der Waals surface area contributed by atoms with Gasteiger partial charge in [-0.1, -0.05) is 54.6 Å². The van der Waals surface area contributed by atoms with E-state index in [4.69, 9.17) is 4.74 Å². The van der Waals surface area contributed by atoms with Crippen LogP contribution >= 0.6 is 0 Å². The smallest absolute Gasteiger partial charge is 0.224 e. The van der Waals surface area contributed by atoms with Crippen molar-refractivity contribution in [2.45, 2.75) is 12.5 Å². The molecular weight excluding hydrogens is 336 g/mol. The van der Waals surface area contributed by atoms with Crippen LogP contribution in [0.3, 0.4) is 0 Å². The maximum atomic E-state index is 12.6. The summed E-state index contributed by atoms with van der Waals surface area (Å²) in [5.74, 6) is 0.864. The summed E-state index contributed by atoms with van der Waals surface area (Å²) in [6.07, 6.45) is 0.379. The van der Waals surface area contributed by atoms with Crippen molar-refractivity contribution in [1.29, 1.82) is 0 Å². The summed E-state index contributed by atoms with van der Waals surface area (Å²) in [5.41, 5.74) is 2.20. The molecule has 1 amide bonds. The van der Waals surface area contributed by atoms with Crippen LogP contribution in [0.5, 0.6) is 5.75 Å². The van der Waals surface area contributed by atoms with E-state index in [1.54, 1.807) is 7.11 Å². The summed E-state index contributed by atoms with van der Waals surface area (Å²) in [6, 6.07) is 22.3. The van der Waals surface area contributed by atoms with E-state index in [1.165, 1.54) is 0 Å². The number of ether oxygens (including phenoxy) is 1. The fraction of sp³-hybridized carbons (Fsp3) is 0.261. The summed E-state index contributed by atoms with van der Waals surface area (Å²) < 4.78 is 5.23. The highest BCUT2D eigenvalue weighted by Crippen LogP contribution is 2.21. The van der Waals surface area contributed by atoms with Gasteiger partial charge in [-0.15, -0.1) is 0 Å². The Balaban J connectivity index is 1.67. The van der Waals surface area contributed by atoms with Gasteiger partial charge in [0, 0.05) is 6.54 Å². The van der Waals surface area contributed by atoms with Crippen LogP contribution in [0.2, 0.25) is 0 Å². The van der Waals surface area contributed by atoms with Gasteiger partial charge in [-0.2, -0.15) is 0 Å². The molecule has 3 aromatic carbocycles. The van der Waals surface area contributed by atoms with Gasteiger partial charge in [0.25, 0.3) is 0 Å². The highest BCUT2D eigenvalue weighted by Gasteiger charge is 2.16. The Bertz CT molecular complexity index is 898. The zero-order valence-electron chi connectivity index (χ0n) is 16.1. The minimum atomic E-state index is 0.0340. The minimum absolute atomic E-state index is 0.0340. The maximum absolute atomic E-state index is 12.6. The van der Waals surface area contributed by atoms with Gasteiger partial charge in [0.15, 0.2) is 0 Å². The van der Waals surface area contributed by atoms with Crippen LogP contribution in [0.25, 0.3) is 10.8 Å². The largest absolute Gasteiger partial charge is 0.497 e. The highest BCUT2D eigenvalue weighted by molar-refractivity contribution is 5.90. The third kappa shape index (κ3) is 4.66. The van der Waals surface area contributed by atoms with Gasteiger partial charge < -0.3 is 15.0 Å². The number of nitrogens with zero attached hydrogens (tertiary/aromatic N) is 1. The number of likely N-dealkylation sites (N-methyl/N-ethyl adjacent to an activating group) is 1. The molecule has 0 aromatic heterocycles. The van der Waals surface area contributed by atoms with Gasteiger partial charge in [0.05, 0.1) is 19.6 Å². The SMILES string of the molecule is COc1ccc(C(CNC(=O)Cc2cccc3ccccc23)N(C)C)cc1. The summed E-state index contributed by atoms with van der Waals surface area (Å²) >= 11 is 0. The molecule has 1 atom stereocenters. The second-order valence-corrected chi connectivity index (χ2v) is 6.87. The zero-order valence-corrected chi connectivity index (χ0v) is 16.1. The number of methoxy groups -OCH3 is 1. The van der Waals surface area contributed by atoms with Crippen LogP contribution in [0.4, 0.5) is 0 Å². The number of carbonyl (C=O) groups is 1. The van der Waals surface area contributed by atoms with Crippen molar-refractivity contribution in [3.05, 3.63) is 77.9 Å². The molecule has 0 aliphatic heterocycles. The lowest BCUT2D eigenvalue weighted by atomic mass is 10.0. The molecule has 140 valence electrons. The van der Waals surface area contributed by atoms with E-state index in [0.29, 0.717) is 13.0 Å². The normalized spacial score (nSPS) is 12.1. The highest BCUT2D eigenvalue weighted by atomic mass is 16.5. The minimum Gasteiger partial charge on any atom is -0.497 e. The van der Waals surface area contributed by atoms with Crippen molar-refractivity contribution in [2.24, 2.45) is 0 Å². The third-order valence-corrected chi connectivity index (χ3v) is 4.85. The summed E-state index contributed by atoms with van der Waals surface area (Å²) in [7, 11) is 5.70. The van der Waals surface area contributed by atoms with E-state index in [1.807, 2.05) is 62.6 Å². The Morgan fingerprint density at radius 1 is 1.00 bits per heavy atom. The maximum Gasteiger partial charge on any atom is 0.224 e. The van der Waals surface area contributed by atoms with Crippen molar-refractivity contribution < 1.29 is 9.53 Å². The zero-order chi connectivity index (χ0) is 19.2. The first-order valence-corrected chi connectivity index (χ1v) is 9.12. The monoisotopic (exact) mass is 362 g/mol. The lowest BCUT2D eigenvalue weighted by Crippen LogP contribution is -2.35. The van der Waals surface area contributed by atoms with E-state index >= 15 is 0 Å². The second-order valence-electron chi connectivity index (χ2n) is 6.87. The topological polar surface area (TPSA) is 41.6 Å². The first kappa shape index (κ1) is 18.9. The fourth-order valence-corrected chi connectivity index (χ4v) is 3.32. The molecule has 0 radical (unpaired) electrons. The molecule has 1 unspecified atom stereocenters. The lowest BCUT2D eigenvalue weighted by molar-refractivity contribution is -0.120. The molecule has 0 fully saturated rings. The van der Waals surface area contributed by atoms with Crippen molar-refractivity contribution in [2.75, 3.05) is 27.7 Å². The molecule has 4 heteroatoms. The number of hydrogen-bond acceptors (Lipinski definition) is 3. The molecule has 0 bridgehead atoms. The van der Waals surface area contributed by atoms with Crippen molar-refractivity contribution in [1.82, 2.24) is 10.2 Å². The molecule has 0 saturated carbocycles. The molecule has 3 rings (SSSR count). The van der Waals surface area contributed by atoms with Gasteiger partial charge in [0.2, 0.25) is 5.91 Å². The van der Waals surface area contributed by atoms with Crippen molar-refractivity contribution >= 4 is 16.7 Å². The van der Waals surface area contributed by atoms with E-state index in [0.717, 1.165) is 27.6 Å². The average molecular weight is 362 g/mol. The van der Waals surface area contributed by atoms with Crippen LogP contribution in [0.15, 0.2) is 66.7 Å². The molecule has 0 saturated heterocycles. The van der Waals surface area contributed by atoms with Crippen molar-refractivity contribution in [3.8, 4) is 5.75 Å². The van der Waals surface area contributed by atoms with Gasteiger partial charge >= 0.3 is 0 Å². The number of nitrogens with one attached hydrogen (secondary N) is 1. The molecule has 0 aliphatic rings. The van der Waals surface area contributed by atoms with Crippen molar-refractivity contribution in [3.63, 3.8) is 0 Å². The fourth-order valence-electron chi connectivity index (χ4n) is 3.32. The van der Waals surface area contributed by atoms with Gasteiger partial charge in [-0.3, -0.25) is 4.79 Å². The number of rotatable bonds is 7. The first-order valence-electron chi connectivity index (χ1n) is 9.12. The number of benzene rings is 3. The molecule has 0 heterocycles. The molecule has 0 spiro atoms. The Labute approximate surface area is 160 Å². The predicted octanol–water partition coefficient (Wildman–Crippen LogP) is 3.81. The number of hydrogen-bond donors (Lipinski definition) is 1. The van der Waals surface area contributed by atoms with E-state index in [9.17, 15) is 4.79 Å². The molecule has 0 aliphatic carbocycles. The number of fused-ring (bicyclic) bond motifs is 1. The molecule has 4 nitrogen and oxygen atoms in total. The van der Waals surface area contributed by atoms with Gasteiger partial charge in [0.1, 0.15) is 5.75 Å². The average Bonchev–Trinajstić information content (AvgIpc) is 2.68. The van der Waals surface area contributed by atoms with Gasteiger partial charge in [-0.25, -0.2) is 0 Å². The molecular formula is C23H26N2O2. The molecule has 1 N–H and O–H groups in total. The predicted molar refractivity (Wildman–Crippen MR) is 110 cm³/mol. The van der Waals surface area contributed by atoms with Crippen LogP contribution in [-0.2, 0) is 11.2 Å². The molecule has 3 aromatic rings. The number of carbonyl (C=O) groups excluding carboxylic acids is 1. The summed E-state index contributed by atoms with van der Waals surface area (Å²) in [5, 5.41) is 5.39. The Kier molecular flexibility index (Phi) is 6.09. The summed E-state index contributed by atoms with van der Waals surface area (Å²) in [4.78, 5) is 14.7. The standard InChI is InChI=1S/C23H26N2O2/c1-25(2)22(18-11-13-20(27-3)14-12-18)16-24-23(26)15-19-9-6-8-17-7-4-5-10-21(17)19/h4-14,22H,15-16H2,1-3H3,(H,24,26). The Morgan fingerprint density at radius 2 is 1.70 bits per heavy atom. The van der Waals surface area contributed by atoms with Crippen LogP contribution in [-0.4, -0.2) is 38.6 Å². The van der Waals surface area contributed by atoms with E-state index in [2.05, 4.69) is 28.4 Å². The Morgan fingerprint density at radius 3 is 2.41 bits per heavy atom. The number of amides is 1. The van der Waals surface area contributed by atoms with E-state index in [-0.39, 0.29) is 11.9 Å². The quantitative estimate of drug-likeness (QED) is 0.695. The Hall–Kier alpha value is -2.85. The van der Waals surface area contributed by atoms with E-state index < -0.39 is 0 Å². The first-order chi connectivity index (χ1) is 13.1. The second kappa shape index (κ2) is 8.69. The van der Waals surface area contributed by atoms with Gasteiger partial charge in [-0.05, 0) is 48.1 Å². The van der Waals surface area contributed by atoms with Crippen LogP contribution < -0.4 is 10.1 Å². The molecule has 27 heavy (non-hydrogen) atoms. The van der Waals surface area contributed by atoms with Crippen LogP contribution in [0, 0.1) is 0 Å². The third-order valence-electron chi connectivity index (χ3n) is 4.85. The summed E-state index contributed by atoms with van der Waals surface area (Å²) in [6.45, 7) is 0.558.